The van der Waals surface area contributed by atoms with Gasteiger partial charge in [0.15, 0.2) is 0 Å². The summed E-state index contributed by atoms with van der Waals surface area (Å²) < 4.78 is 0. The van der Waals surface area contributed by atoms with Gasteiger partial charge in [0.25, 0.3) is 0 Å². The summed E-state index contributed by atoms with van der Waals surface area (Å²) in [4.78, 5) is 2.09. The van der Waals surface area contributed by atoms with Crippen molar-refractivity contribution >= 4 is 17.1 Å². The van der Waals surface area contributed by atoms with Crippen molar-refractivity contribution in [3.05, 3.63) is 54.1 Å². The van der Waals surface area contributed by atoms with E-state index in [1.54, 1.807) is 0 Å². The monoisotopic (exact) mass is 212 g/mol. The van der Waals surface area contributed by atoms with E-state index in [1.165, 1.54) is 5.56 Å². The molecule has 0 saturated heterocycles. The summed E-state index contributed by atoms with van der Waals surface area (Å²) >= 11 is 0. The maximum atomic E-state index is 5.95. The van der Waals surface area contributed by atoms with Gasteiger partial charge < -0.3 is 10.6 Å². The summed E-state index contributed by atoms with van der Waals surface area (Å²) in [5.74, 6) is 0. The number of rotatable bonds is 2. The summed E-state index contributed by atoms with van der Waals surface area (Å²) in [5, 5.41) is 0. The average molecular weight is 212 g/mol. The smallest absolute Gasteiger partial charge is 0.0641 e. The Kier molecular flexibility index (Phi) is 2.82. The number of nitrogens with zero attached hydrogens (tertiary/aromatic N) is 1. The molecule has 0 aliphatic heterocycles. The van der Waals surface area contributed by atoms with E-state index in [1.807, 2.05) is 31.3 Å². The molecule has 2 aromatic carbocycles. The van der Waals surface area contributed by atoms with Crippen LogP contribution < -0.4 is 10.6 Å². The molecule has 0 unspecified atom stereocenters. The van der Waals surface area contributed by atoms with E-state index in [4.69, 9.17) is 5.73 Å². The molecule has 2 N–H and O–H groups in total. The van der Waals surface area contributed by atoms with Crippen molar-refractivity contribution in [3.8, 4) is 0 Å². The second-order valence-corrected chi connectivity index (χ2v) is 3.95. The van der Waals surface area contributed by atoms with Crippen molar-refractivity contribution in [2.24, 2.45) is 0 Å². The highest BCUT2D eigenvalue weighted by atomic mass is 15.1. The molecular formula is C14H16N2. The number of nitrogens with two attached hydrogens (primary N) is 1. The second-order valence-electron chi connectivity index (χ2n) is 3.95. The first-order valence-corrected chi connectivity index (χ1v) is 5.33. The Hall–Kier alpha value is -1.96. The van der Waals surface area contributed by atoms with E-state index in [0.29, 0.717) is 0 Å². The Morgan fingerprint density at radius 2 is 1.56 bits per heavy atom. The van der Waals surface area contributed by atoms with Crippen molar-refractivity contribution in [1.82, 2.24) is 0 Å². The minimum Gasteiger partial charge on any atom is -0.397 e. The van der Waals surface area contributed by atoms with Crippen molar-refractivity contribution in [2.75, 3.05) is 17.7 Å². The lowest BCUT2D eigenvalue weighted by Gasteiger charge is -2.21. The second kappa shape index (κ2) is 4.27. The zero-order valence-corrected chi connectivity index (χ0v) is 9.64. The number of nitrogen functional groups attached to an aromatic ring is 1. The molecule has 2 nitrogen and oxygen atoms in total. The normalized spacial score (nSPS) is 10.1. The van der Waals surface area contributed by atoms with Crippen LogP contribution in [0.4, 0.5) is 17.1 Å². The molecular weight excluding hydrogens is 196 g/mol. The van der Waals surface area contributed by atoms with Crippen LogP contribution in [-0.2, 0) is 0 Å². The van der Waals surface area contributed by atoms with Gasteiger partial charge in [-0.2, -0.15) is 0 Å². The summed E-state index contributed by atoms with van der Waals surface area (Å²) in [6.45, 7) is 2.08. The number of benzene rings is 2. The molecule has 0 amide bonds. The molecule has 16 heavy (non-hydrogen) atoms. The van der Waals surface area contributed by atoms with Gasteiger partial charge in [-0.05, 0) is 31.2 Å². The molecule has 2 rings (SSSR count). The predicted molar refractivity (Wildman–Crippen MR) is 70.1 cm³/mol. The van der Waals surface area contributed by atoms with Crippen molar-refractivity contribution in [2.45, 2.75) is 6.92 Å². The quantitative estimate of drug-likeness (QED) is 0.773. The SMILES string of the molecule is Cc1ccc(N(C)c2ccccc2N)cc1. The lowest BCUT2D eigenvalue weighted by Crippen LogP contribution is -2.11. The van der Waals surface area contributed by atoms with E-state index in [2.05, 4.69) is 36.1 Å². The van der Waals surface area contributed by atoms with Gasteiger partial charge in [-0.1, -0.05) is 29.8 Å². The Balaban J connectivity index is 2.35. The molecule has 0 radical (unpaired) electrons. The van der Waals surface area contributed by atoms with E-state index < -0.39 is 0 Å². The zero-order valence-electron chi connectivity index (χ0n) is 9.64. The van der Waals surface area contributed by atoms with Gasteiger partial charge in [-0.15, -0.1) is 0 Å². The highest BCUT2D eigenvalue weighted by Crippen LogP contribution is 2.28. The molecule has 2 aromatic rings. The molecule has 0 atom stereocenters. The molecule has 0 aliphatic carbocycles. The van der Waals surface area contributed by atoms with Gasteiger partial charge in [0.05, 0.1) is 11.4 Å². The van der Waals surface area contributed by atoms with E-state index in [-0.39, 0.29) is 0 Å². The molecule has 0 bridgehead atoms. The predicted octanol–water partition coefficient (Wildman–Crippen LogP) is 3.35. The fraction of sp³-hybridized carbons (Fsp3) is 0.143. The van der Waals surface area contributed by atoms with Gasteiger partial charge >= 0.3 is 0 Å². The minimum absolute atomic E-state index is 0.797. The fourth-order valence-corrected chi connectivity index (χ4v) is 1.70. The first kappa shape index (κ1) is 10.6. The van der Waals surface area contributed by atoms with Crippen LogP contribution >= 0.6 is 0 Å². The molecule has 2 heteroatoms. The van der Waals surface area contributed by atoms with Crippen LogP contribution in [0.15, 0.2) is 48.5 Å². The van der Waals surface area contributed by atoms with Crippen LogP contribution in [0.1, 0.15) is 5.56 Å². The number of aryl methyl sites for hydroxylation is 1. The Labute approximate surface area is 96.3 Å². The summed E-state index contributed by atoms with van der Waals surface area (Å²) in [6, 6.07) is 16.3. The Morgan fingerprint density at radius 3 is 2.19 bits per heavy atom. The average Bonchev–Trinajstić information content (AvgIpc) is 2.30. The molecule has 0 aliphatic rings. The lowest BCUT2D eigenvalue weighted by atomic mass is 10.2. The molecule has 0 aromatic heterocycles. The first-order chi connectivity index (χ1) is 7.68. The van der Waals surface area contributed by atoms with Crippen LogP contribution in [0.2, 0.25) is 0 Å². The Bertz CT molecular complexity index is 474. The largest absolute Gasteiger partial charge is 0.397 e. The van der Waals surface area contributed by atoms with Crippen LogP contribution in [0.25, 0.3) is 0 Å². The standard InChI is InChI=1S/C14H16N2/c1-11-7-9-12(10-8-11)16(2)14-6-4-3-5-13(14)15/h3-10H,15H2,1-2H3. The zero-order chi connectivity index (χ0) is 11.5. The Morgan fingerprint density at radius 1 is 0.938 bits per heavy atom. The first-order valence-electron chi connectivity index (χ1n) is 5.33. The third-order valence-corrected chi connectivity index (χ3v) is 2.72. The summed E-state index contributed by atoms with van der Waals surface area (Å²) in [6.07, 6.45) is 0. The number of hydrogen-bond donors (Lipinski definition) is 1. The topological polar surface area (TPSA) is 29.3 Å². The highest BCUT2D eigenvalue weighted by molar-refractivity contribution is 5.74. The lowest BCUT2D eigenvalue weighted by molar-refractivity contribution is 1.21. The maximum Gasteiger partial charge on any atom is 0.0641 e. The van der Waals surface area contributed by atoms with Gasteiger partial charge in [0.1, 0.15) is 0 Å². The van der Waals surface area contributed by atoms with Gasteiger partial charge in [0, 0.05) is 12.7 Å². The number of hydrogen-bond acceptors (Lipinski definition) is 2. The van der Waals surface area contributed by atoms with Crippen LogP contribution in [0.3, 0.4) is 0 Å². The van der Waals surface area contributed by atoms with Gasteiger partial charge in [0.2, 0.25) is 0 Å². The van der Waals surface area contributed by atoms with Crippen LogP contribution in [0, 0.1) is 6.92 Å². The van der Waals surface area contributed by atoms with Crippen LogP contribution in [-0.4, -0.2) is 7.05 Å². The maximum absolute atomic E-state index is 5.95. The van der Waals surface area contributed by atoms with E-state index in [0.717, 1.165) is 17.1 Å². The van der Waals surface area contributed by atoms with Crippen LogP contribution in [0.5, 0.6) is 0 Å². The third kappa shape index (κ3) is 2.01. The molecule has 0 heterocycles. The molecule has 0 spiro atoms. The van der Waals surface area contributed by atoms with E-state index >= 15 is 0 Å². The van der Waals surface area contributed by atoms with Gasteiger partial charge in [-0.3, -0.25) is 0 Å². The van der Waals surface area contributed by atoms with Gasteiger partial charge in [-0.25, -0.2) is 0 Å². The van der Waals surface area contributed by atoms with Crippen molar-refractivity contribution in [3.63, 3.8) is 0 Å². The number of anilines is 3. The molecule has 82 valence electrons. The summed E-state index contributed by atoms with van der Waals surface area (Å²) in [7, 11) is 2.02. The highest BCUT2D eigenvalue weighted by Gasteiger charge is 2.05. The molecule has 0 saturated carbocycles. The minimum atomic E-state index is 0.797. The summed E-state index contributed by atoms with van der Waals surface area (Å²) in [5.41, 5.74) is 10.2. The number of para-hydroxylation sites is 2. The van der Waals surface area contributed by atoms with Crippen molar-refractivity contribution in [1.29, 1.82) is 0 Å². The molecule has 0 fully saturated rings. The van der Waals surface area contributed by atoms with E-state index in [9.17, 15) is 0 Å². The fourth-order valence-electron chi connectivity index (χ4n) is 1.70. The van der Waals surface area contributed by atoms with Crippen molar-refractivity contribution < 1.29 is 0 Å². The third-order valence-electron chi connectivity index (χ3n) is 2.72.